The molecule has 20 heavy (non-hydrogen) atoms. The Labute approximate surface area is 127 Å². The Morgan fingerprint density at radius 2 is 1.95 bits per heavy atom. The molecule has 0 radical (unpaired) electrons. The van der Waals surface area contributed by atoms with Gasteiger partial charge in [0, 0.05) is 25.2 Å². The largest absolute Gasteiger partial charge is 0.316 e. The molecule has 3 atom stereocenters. The van der Waals surface area contributed by atoms with Gasteiger partial charge >= 0.3 is 0 Å². The molecule has 1 rings (SSSR count). The summed E-state index contributed by atoms with van der Waals surface area (Å²) < 4.78 is 0. The molecule has 0 bridgehead atoms. The third kappa shape index (κ3) is 4.71. The van der Waals surface area contributed by atoms with Gasteiger partial charge in [-0.2, -0.15) is 0 Å². The van der Waals surface area contributed by atoms with Gasteiger partial charge in [-0.15, -0.1) is 0 Å². The molecule has 0 heterocycles. The Morgan fingerprint density at radius 3 is 2.45 bits per heavy atom. The highest BCUT2D eigenvalue weighted by molar-refractivity contribution is 4.94. The zero-order valence-electron chi connectivity index (χ0n) is 14.9. The average molecular weight is 284 g/mol. The Balaban J connectivity index is 2.67. The van der Waals surface area contributed by atoms with Crippen LogP contribution >= 0.6 is 0 Å². The summed E-state index contributed by atoms with van der Waals surface area (Å²) in [6, 6.07) is 1.29. The van der Waals surface area contributed by atoms with E-state index in [1.54, 1.807) is 0 Å². The van der Waals surface area contributed by atoms with Crippen LogP contribution in [0.25, 0.3) is 0 Å². The van der Waals surface area contributed by atoms with Crippen LogP contribution in [0.1, 0.15) is 47.0 Å². The van der Waals surface area contributed by atoms with Crippen molar-refractivity contribution >= 4 is 0 Å². The lowest BCUT2D eigenvalue weighted by Gasteiger charge is -2.46. The van der Waals surface area contributed by atoms with Gasteiger partial charge in [0.1, 0.15) is 0 Å². The smallest absolute Gasteiger partial charge is 0.0194 e. The summed E-state index contributed by atoms with van der Waals surface area (Å²) in [7, 11) is 6.49. The highest BCUT2D eigenvalue weighted by atomic mass is 15.2. The summed E-state index contributed by atoms with van der Waals surface area (Å²) in [6.45, 7) is 13.1. The molecule has 1 N–H and O–H groups in total. The Morgan fingerprint density at radius 1 is 1.30 bits per heavy atom. The number of hydrogen-bond acceptors (Lipinski definition) is 3. The molecule has 1 saturated carbocycles. The van der Waals surface area contributed by atoms with E-state index in [4.69, 9.17) is 0 Å². The molecule has 3 heteroatoms. The highest BCUT2D eigenvalue weighted by Gasteiger charge is 2.38. The van der Waals surface area contributed by atoms with E-state index in [-0.39, 0.29) is 0 Å². The standard InChI is InChI=1S/C17H37N3/c1-8-20(14(2)12-19(6)7)13-15-10-9-11-17(3,4)16(15)18-5/h14-16,18H,8-13H2,1-7H3. The van der Waals surface area contributed by atoms with Crippen LogP contribution in [0.5, 0.6) is 0 Å². The molecule has 0 aliphatic heterocycles. The van der Waals surface area contributed by atoms with E-state index in [0.29, 0.717) is 17.5 Å². The van der Waals surface area contributed by atoms with Crippen LogP contribution in [0, 0.1) is 11.3 Å². The minimum Gasteiger partial charge on any atom is -0.316 e. The zero-order valence-corrected chi connectivity index (χ0v) is 14.9. The molecule has 0 amide bonds. The first kappa shape index (κ1) is 17.9. The third-order valence-corrected chi connectivity index (χ3v) is 5.15. The molecular weight excluding hydrogens is 246 g/mol. The molecule has 0 saturated heterocycles. The minimum atomic E-state index is 0.432. The Hall–Kier alpha value is -0.120. The summed E-state index contributed by atoms with van der Waals surface area (Å²) in [4.78, 5) is 4.96. The van der Waals surface area contributed by atoms with E-state index < -0.39 is 0 Å². The van der Waals surface area contributed by atoms with Crippen LogP contribution in [-0.2, 0) is 0 Å². The van der Waals surface area contributed by atoms with Crippen molar-refractivity contribution in [2.45, 2.75) is 59.0 Å². The molecule has 120 valence electrons. The highest BCUT2D eigenvalue weighted by Crippen LogP contribution is 2.39. The van der Waals surface area contributed by atoms with E-state index in [9.17, 15) is 0 Å². The zero-order chi connectivity index (χ0) is 15.3. The summed E-state index contributed by atoms with van der Waals surface area (Å²) >= 11 is 0. The third-order valence-electron chi connectivity index (χ3n) is 5.15. The number of likely N-dealkylation sites (N-methyl/N-ethyl adjacent to an activating group) is 2. The SMILES string of the molecule is CCN(CC1CCCC(C)(C)C1NC)C(C)CN(C)C. The van der Waals surface area contributed by atoms with Crippen LogP contribution in [0.15, 0.2) is 0 Å². The molecule has 0 aromatic carbocycles. The van der Waals surface area contributed by atoms with Crippen molar-refractivity contribution in [3.05, 3.63) is 0 Å². The van der Waals surface area contributed by atoms with E-state index >= 15 is 0 Å². The maximum Gasteiger partial charge on any atom is 0.0194 e. The minimum absolute atomic E-state index is 0.432. The van der Waals surface area contributed by atoms with Crippen molar-refractivity contribution in [2.75, 3.05) is 40.8 Å². The van der Waals surface area contributed by atoms with E-state index in [1.165, 1.54) is 25.8 Å². The molecular formula is C17H37N3. The lowest BCUT2D eigenvalue weighted by molar-refractivity contribution is 0.0682. The van der Waals surface area contributed by atoms with E-state index in [1.807, 2.05) is 0 Å². The lowest BCUT2D eigenvalue weighted by atomic mass is 9.67. The maximum atomic E-state index is 3.62. The van der Waals surface area contributed by atoms with Crippen molar-refractivity contribution in [1.82, 2.24) is 15.1 Å². The van der Waals surface area contributed by atoms with Crippen LogP contribution in [0.4, 0.5) is 0 Å². The van der Waals surface area contributed by atoms with Gasteiger partial charge in [0.25, 0.3) is 0 Å². The van der Waals surface area contributed by atoms with E-state index in [0.717, 1.165) is 19.0 Å². The second kappa shape index (κ2) is 7.77. The second-order valence-corrected chi connectivity index (χ2v) is 7.61. The van der Waals surface area contributed by atoms with Crippen molar-refractivity contribution in [3.8, 4) is 0 Å². The van der Waals surface area contributed by atoms with Gasteiger partial charge < -0.3 is 10.2 Å². The number of hydrogen-bond donors (Lipinski definition) is 1. The molecule has 1 aliphatic rings. The monoisotopic (exact) mass is 283 g/mol. The molecule has 0 aromatic rings. The number of rotatable bonds is 7. The quantitative estimate of drug-likeness (QED) is 0.775. The number of nitrogens with zero attached hydrogens (tertiary/aromatic N) is 2. The molecule has 1 fully saturated rings. The predicted octanol–water partition coefficient (Wildman–Crippen LogP) is 2.67. The fraction of sp³-hybridized carbons (Fsp3) is 1.00. The van der Waals surface area contributed by atoms with E-state index in [2.05, 4.69) is 64.0 Å². The molecule has 1 aliphatic carbocycles. The first-order valence-electron chi connectivity index (χ1n) is 8.37. The summed E-state index contributed by atoms with van der Waals surface area (Å²) in [5.41, 5.74) is 0.432. The van der Waals surface area contributed by atoms with Gasteiger partial charge in [-0.1, -0.05) is 27.2 Å². The van der Waals surface area contributed by atoms with Gasteiger partial charge in [-0.05, 0) is 58.8 Å². The summed E-state index contributed by atoms with van der Waals surface area (Å²) in [5.74, 6) is 0.785. The van der Waals surface area contributed by atoms with Gasteiger partial charge in [0.05, 0.1) is 0 Å². The van der Waals surface area contributed by atoms with Crippen LogP contribution in [0.2, 0.25) is 0 Å². The molecule has 0 aromatic heterocycles. The van der Waals surface area contributed by atoms with Crippen molar-refractivity contribution < 1.29 is 0 Å². The van der Waals surface area contributed by atoms with Crippen molar-refractivity contribution in [2.24, 2.45) is 11.3 Å². The first-order chi connectivity index (χ1) is 9.31. The fourth-order valence-electron chi connectivity index (χ4n) is 4.17. The summed E-state index contributed by atoms with van der Waals surface area (Å²) in [5, 5.41) is 3.62. The van der Waals surface area contributed by atoms with Crippen LogP contribution in [-0.4, -0.2) is 62.7 Å². The fourth-order valence-corrected chi connectivity index (χ4v) is 4.17. The van der Waals surface area contributed by atoms with Crippen LogP contribution in [0.3, 0.4) is 0 Å². The molecule has 0 spiro atoms. The topological polar surface area (TPSA) is 18.5 Å². The average Bonchev–Trinajstić information content (AvgIpc) is 2.33. The Kier molecular flexibility index (Phi) is 6.96. The first-order valence-corrected chi connectivity index (χ1v) is 8.37. The van der Waals surface area contributed by atoms with Crippen molar-refractivity contribution in [3.63, 3.8) is 0 Å². The Bertz CT molecular complexity index is 275. The predicted molar refractivity (Wildman–Crippen MR) is 89.2 cm³/mol. The second-order valence-electron chi connectivity index (χ2n) is 7.61. The van der Waals surface area contributed by atoms with Gasteiger partial charge in [0.2, 0.25) is 0 Å². The number of nitrogens with one attached hydrogen (secondary N) is 1. The normalized spacial score (nSPS) is 28.1. The van der Waals surface area contributed by atoms with Gasteiger partial charge in [-0.25, -0.2) is 0 Å². The van der Waals surface area contributed by atoms with Gasteiger partial charge in [-0.3, -0.25) is 4.90 Å². The molecule has 3 nitrogen and oxygen atoms in total. The molecule has 3 unspecified atom stereocenters. The van der Waals surface area contributed by atoms with Crippen molar-refractivity contribution in [1.29, 1.82) is 0 Å². The van der Waals surface area contributed by atoms with Gasteiger partial charge in [0.15, 0.2) is 0 Å². The maximum absolute atomic E-state index is 3.62. The van der Waals surface area contributed by atoms with Crippen LogP contribution < -0.4 is 5.32 Å². The lowest BCUT2D eigenvalue weighted by Crippen LogP contribution is -2.53. The summed E-state index contributed by atoms with van der Waals surface area (Å²) in [6.07, 6.45) is 4.12.